The molecule has 0 amide bonds. The highest BCUT2D eigenvalue weighted by atomic mass is 35.5. The summed E-state index contributed by atoms with van der Waals surface area (Å²) in [5.41, 5.74) is 7.79. The van der Waals surface area contributed by atoms with E-state index in [2.05, 4.69) is 0 Å². The number of benzene rings is 2. The van der Waals surface area contributed by atoms with Gasteiger partial charge in [0, 0.05) is 11.1 Å². The summed E-state index contributed by atoms with van der Waals surface area (Å²) in [4.78, 5) is 0. The molecule has 1 unspecified atom stereocenters. The van der Waals surface area contributed by atoms with Crippen LogP contribution in [0.3, 0.4) is 0 Å². The standard InChI is InChI=1S/C15H15ClFNO/c1-19-12-5-6-13(14(16)9-12)15(18)8-10-3-2-4-11(17)7-10/h2-7,9,15H,8,18H2,1H3. The molecular weight excluding hydrogens is 265 g/mol. The van der Waals surface area contributed by atoms with Crippen molar-refractivity contribution in [3.63, 3.8) is 0 Å². The lowest BCUT2D eigenvalue weighted by Gasteiger charge is -2.14. The maximum Gasteiger partial charge on any atom is 0.123 e. The summed E-state index contributed by atoms with van der Waals surface area (Å²) < 4.78 is 18.2. The number of nitrogens with two attached hydrogens (primary N) is 1. The molecular formula is C15H15ClFNO. The summed E-state index contributed by atoms with van der Waals surface area (Å²) in [6, 6.07) is 11.5. The van der Waals surface area contributed by atoms with Crippen molar-refractivity contribution in [1.29, 1.82) is 0 Å². The maximum absolute atomic E-state index is 13.1. The fourth-order valence-electron chi connectivity index (χ4n) is 1.96. The second kappa shape index (κ2) is 6.04. The lowest BCUT2D eigenvalue weighted by molar-refractivity contribution is 0.414. The molecule has 4 heteroatoms. The smallest absolute Gasteiger partial charge is 0.123 e. The second-order valence-electron chi connectivity index (χ2n) is 4.33. The zero-order chi connectivity index (χ0) is 13.8. The summed E-state index contributed by atoms with van der Waals surface area (Å²) in [5, 5.41) is 0.559. The van der Waals surface area contributed by atoms with E-state index >= 15 is 0 Å². The van der Waals surface area contributed by atoms with E-state index in [0.717, 1.165) is 11.1 Å². The predicted molar refractivity (Wildman–Crippen MR) is 75.0 cm³/mol. The SMILES string of the molecule is COc1ccc(C(N)Cc2cccc(F)c2)c(Cl)c1. The third-order valence-corrected chi connectivity index (χ3v) is 3.28. The van der Waals surface area contributed by atoms with Crippen LogP contribution in [0, 0.1) is 5.82 Å². The number of hydrogen-bond donors (Lipinski definition) is 1. The lowest BCUT2D eigenvalue weighted by Crippen LogP contribution is -2.14. The zero-order valence-corrected chi connectivity index (χ0v) is 11.3. The first-order valence-electron chi connectivity index (χ1n) is 5.93. The molecule has 2 aromatic carbocycles. The van der Waals surface area contributed by atoms with Gasteiger partial charge < -0.3 is 10.5 Å². The minimum absolute atomic E-state index is 0.259. The van der Waals surface area contributed by atoms with Crippen LogP contribution in [0.4, 0.5) is 4.39 Å². The number of rotatable bonds is 4. The highest BCUT2D eigenvalue weighted by Crippen LogP contribution is 2.28. The van der Waals surface area contributed by atoms with Gasteiger partial charge in [-0.1, -0.05) is 29.8 Å². The Morgan fingerprint density at radius 2 is 2.05 bits per heavy atom. The van der Waals surface area contributed by atoms with Crippen LogP contribution in [0.25, 0.3) is 0 Å². The summed E-state index contributed by atoms with van der Waals surface area (Å²) in [5.74, 6) is 0.428. The Morgan fingerprint density at radius 1 is 1.26 bits per heavy atom. The Hall–Kier alpha value is -1.58. The van der Waals surface area contributed by atoms with Crippen LogP contribution in [-0.2, 0) is 6.42 Å². The van der Waals surface area contributed by atoms with E-state index in [1.807, 2.05) is 18.2 Å². The van der Waals surface area contributed by atoms with E-state index < -0.39 is 0 Å². The monoisotopic (exact) mass is 279 g/mol. The molecule has 2 aromatic rings. The summed E-state index contributed by atoms with van der Waals surface area (Å²) >= 11 is 6.17. The van der Waals surface area contributed by atoms with Crippen LogP contribution in [-0.4, -0.2) is 7.11 Å². The summed E-state index contributed by atoms with van der Waals surface area (Å²) in [6.07, 6.45) is 0.532. The molecule has 19 heavy (non-hydrogen) atoms. The van der Waals surface area contributed by atoms with E-state index in [0.29, 0.717) is 17.2 Å². The molecule has 2 N–H and O–H groups in total. The van der Waals surface area contributed by atoms with Crippen molar-refractivity contribution in [3.05, 3.63) is 64.4 Å². The first-order valence-corrected chi connectivity index (χ1v) is 6.31. The van der Waals surface area contributed by atoms with Gasteiger partial charge in [0.15, 0.2) is 0 Å². The molecule has 100 valence electrons. The molecule has 0 spiro atoms. The number of ether oxygens (including phenoxy) is 1. The minimum Gasteiger partial charge on any atom is -0.497 e. The van der Waals surface area contributed by atoms with Crippen LogP contribution in [0.2, 0.25) is 5.02 Å². The van der Waals surface area contributed by atoms with Gasteiger partial charge in [0.25, 0.3) is 0 Å². The second-order valence-corrected chi connectivity index (χ2v) is 4.74. The van der Waals surface area contributed by atoms with Crippen molar-refractivity contribution in [2.24, 2.45) is 5.73 Å². The molecule has 1 atom stereocenters. The minimum atomic E-state index is -0.278. The first kappa shape index (κ1) is 13.8. The molecule has 0 saturated carbocycles. The number of halogens is 2. The molecule has 0 aliphatic heterocycles. The third kappa shape index (κ3) is 3.46. The topological polar surface area (TPSA) is 35.2 Å². The van der Waals surface area contributed by atoms with Crippen LogP contribution >= 0.6 is 11.6 Å². The average Bonchev–Trinajstić information content (AvgIpc) is 2.38. The molecule has 0 bridgehead atoms. The van der Waals surface area contributed by atoms with Crippen LogP contribution in [0.5, 0.6) is 5.75 Å². The predicted octanol–water partition coefficient (Wildman–Crippen LogP) is 3.73. The van der Waals surface area contributed by atoms with Gasteiger partial charge in [0.05, 0.1) is 7.11 Å². The zero-order valence-electron chi connectivity index (χ0n) is 10.6. The number of hydrogen-bond acceptors (Lipinski definition) is 2. The Balaban J connectivity index is 2.18. The average molecular weight is 280 g/mol. The normalized spacial score (nSPS) is 12.2. The molecule has 0 aliphatic rings. The first-order chi connectivity index (χ1) is 9.10. The molecule has 0 aliphatic carbocycles. The van der Waals surface area contributed by atoms with E-state index in [4.69, 9.17) is 22.1 Å². The van der Waals surface area contributed by atoms with Crippen LogP contribution in [0.15, 0.2) is 42.5 Å². The van der Waals surface area contributed by atoms with Gasteiger partial charge in [0.1, 0.15) is 11.6 Å². The lowest BCUT2D eigenvalue weighted by atomic mass is 9.99. The van der Waals surface area contributed by atoms with Crippen molar-refractivity contribution in [2.45, 2.75) is 12.5 Å². The van der Waals surface area contributed by atoms with E-state index in [9.17, 15) is 4.39 Å². The van der Waals surface area contributed by atoms with E-state index in [-0.39, 0.29) is 11.9 Å². The van der Waals surface area contributed by atoms with Gasteiger partial charge in [-0.3, -0.25) is 0 Å². The molecule has 0 aromatic heterocycles. The van der Waals surface area contributed by atoms with Crippen molar-refractivity contribution in [1.82, 2.24) is 0 Å². The van der Waals surface area contributed by atoms with E-state index in [1.165, 1.54) is 12.1 Å². The molecule has 2 nitrogen and oxygen atoms in total. The van der Waals surface area contributed by atoms with Crippen molar-refractivity contribution in [3.8, 4) is 5.75 Å². The van der Waals surface area contributed by atoms with E-state index in [1.54, 1.807) is 19.2 Å². The molecule has 0 radical (unpaired) electrons. The fourth-order valence-corrected chi connectivity index (χ4v) is 2.27. The maximum atomic E-state index is 13.1. The molecule has 0 fully saturated rings. The fraction of sp³-hybridized carbons (Fsp3) is 0.200. The molecule has 0 heterocycles. The number of methoxy groups -OCH3 is 1. The summed E-state index contributed by atoms with van der Waals surface area (Å²) in [6.45, 7) is 0. The molecule has 2 rings (SSSR count). The van der Waals surface area contributed by atoms with Crippen LogP contribution in [0.1, 0.15) is 17.2 Å². The Kier molecular flexibility index (Phi) is 4.40. The largest absolute Gasteiger partial charge is 0.497 e. The van der Waals surface area contributed by atoms with Gasteiger partial charge in [-0.25, -0.2) is 4.39 Å². The Bertz CT molecular complexity index is 574. The van der Waals surface area contributed by atoms with Crippen molar-refractivity contribution < 1.29 is 9.13 Å². The van der Waals surface area contributed by atoms with Crippen molar-refractivity contribution in [2.75, 3.05) is 7.11 Å². The van der Waals surface area contributed by atoms with Gasteiger partial charge in [-0.15, -0.1) is 0 Å². The molecule has 0 saturated heterocycles. The third-order valence-electron chi connectivity index (χ3n) is 2.95. The highest BCUT2D eigenvalue weighted by Gasteiger charge is 2.12. The van der Waals surface area contributed by atoms with Crippen molar-refractivity contribution >= 4 is 11.6 Å². The Labute approximate surface area is 117 Å². The highest BCUT2D eigenvalue weighted by molar-refractivity contribution is 6.31. The summed E-state index contributed by atoms with van der Waals surface area (Å²) in [7, 11) is 1.58. The van der Waals surface area contributed by atoms with Crippen LogP contribution < -0.4 is 10.5 Å². The quantitative estimate of drug-likeness (QED) is 0.925. The van der Waals surface area contributed by atoms with Gasteiger partial charge in [0.2, 0.25) is 0 Å². The van der Waals surface area contributed by atoms with Gasteiger partial charge in [-0.2, -0.15) is 0 Å². The van der Waals surface area contributed by atoms with Gasteiger partial charge >= 0.3 is 0 Å². The van der Waals surface area contributed by atoms with Gasteiger partial charge in [-0.05, 0) is 41.8 Å². The Morgan fingerprint density at radius 3 is 2.68 bits per heavy atom.